The van der Waals surface area contributed by atoms with Crippen LogP contribution in [0.3, 0.4) is 0 Å². The minimum Gasteiger partial charge on any atom is -0.507 e. The van der Waals surface area contributed by atoms with Gasteiger partial charge in [0.05, 0.1) is 17.2 Å². The minimum atomic E-state index is -0.355. The number of aromatic hydroxyl groups is 1. The molecule has 170 valence electrons. The maximum absolute atomic E-state index is 11.8. The molecule has 7 heteroatoms. The zero-order valence-electron chi connectivity index (χ0n) is 18.8. The number of hydrogen-bond donors (Lipinski definition) is 2. The molecular weight excluding hydrogens is 404 g/mol. The van der Waals surface area contributed by atoms with Crippen molar-refractivity contribution < 1.29 is 16.1 Å². The number of para-hydroxylation sites is 1. The third-order valence-electron chi connectivity index (χ3n) is 5.77. The van der Waals surface area contributed by atoms with Crippen molar-refractivity contribution in [3.8, 4) is 17.1 Å². The van der Waals surface area contributed by atoms with Gasteiger partial charge in [0.25, 0.3) is 0 Å². The number of nitrogens with one attached hydrogen (secondary N) is 1. The van der Waals surface area contributed by atoms with Crippen LogP contribution in [0.25, 0.3) is 22.3 Å². The number of phenolic OH excluding ortho intramolecular Hbond substituents is 1. The summed E-state index contributed by atoms with van der Waals surface area (Å²) in [6, 6.07) is 13.4. The average molecular weight is 437 g/mol. The number of aromatic nitrogens is 2. The number of fused-ring (bicyclic) bond motifs is 1. The number of benzene rings is 2. The van der Waals surface area contributed by atoms with Gasteiger partial charge in [-0.1, -0.05) is 18.2 Å². The first-order valence-electron chi connectivity index (χ1n) is 11.2. The van der Waals surface area contributed by atoms with E-state index in [0.717, 1.165) is 48.2 Å². The molecule has 32 heavy (non-hydrogen) atoms. The van der Waals surface area contributed by atoms with Crippen LogP contribution < -0.4 is 10.2 Å². The Morgan fingerprint density at radius 1 is 1.22 bits per heavy atom. The van der Waals surface area contributed by atoms with Crippen molar-refractivity contribution >= 4 is 22.8 Å². The van der Waals surface area contributed by atoms with Gasteiger partial charge in [-0.25, -0.2) is 14.8 Å². The molecule has 0 atom stereocenters. The van der Waals surface area contributed by atoms with Gasteiger partial charge in [-0.3, -0.25) is 0 Å². The summed E-state index contributed by atoms with van der Waals surface area (Å²) in [5.41, 5.74) is 2.62. The molecule has 2 N–H and O–H groups in total. The van der Waals surface area contributed by atoms with Gasteiger partial charge in [0.15, 0.2) is 5.82 Å². The van der Waals surface area contributed by atoms with Gasteiger partial charge in [-0.05, 0) is 69.4 Å². The molecule has 0 spiro atoms. The molecule has 1 aliphatic heterocycles. The first kappa shape index (κ1) is 21.9. The standard InChI is InChI=1S/C25H30N4O3.H2/c1-16(2)32-25(31)26-15-18-10-12-29(13-11-18)24-19-9-8-17(3)14-21(19)27-23(28-24)20-6-4-5-7-22(20)30;/h4-9,14,16,18,30H,10-13,15H2,1-3H3,(H,26,31);1H. The number of amides is 1. The maximum Gasteiger partial charge on any atom is 0.407 e. The second kappa shape index (κ2) is 9.42. The van der Waals surface area contributed by atoms with Gasteiger partial charge in [-0.2, -0.15) is 0 Å². The number of carbonyl (C=O) groups is 1. The number of piperidine rings is 1. The molecule has 1 amide bonds. The highest BCUT2D eigenvalue weighted by Crippen LogP contribution is 2.33. The second-order valence-corrected chi connectivity index (χ2v) is 8.67. The Labute approximate surface area is 189 Å². The highest BCUT2D eigenvalue weighted by Gasteiger charge is 2.24. The molecule has 1 aromatic heterocycles. The number of hydrogen-bond acceptors (Lipinski definition) is 6. The number of anilines is 1. The fourth-order valence-corrected chi connectivity index (χ4v) is 4.08. The van der Waals surface area contributed by atoms with Crippen molar-refractivity contribution in [1.82, 2.24) is 15.3 Å². The van der Waals surface area contributed by atoms with Crippen LogP contribution in [0.1, 0.15) is 33.7 Å². The van der Waals surface area contributed by atoms with Crippen molar-refractivity contribution in [3.63, 3.8) is 0 Å². The molecule has 2 aromatic carbocycles. The maximum atomic E-state index is 11.8. The Kier molecular flexibility index (Phi) is 6.44. The van der Waals surface area contributed by atoms with Gasteiger partial charge >= 0.3 is 6.09 Å². The molecule has 0 saturated carbocycles. The molecule has 4 rings (SSSR count). The van der Waals surface area contributed by atoms with E-state index >= 15 is 0 Å². The lowest BCUT2D eigenvalue weighted by Crippen LogP contribution is -2.39. The third-order valence-corrected chi connectivity index (χ3v) is 5.77. The van der Waals surface area contributed by atoms with Crippen molar-refractivity contribution in [2.45, 2.75) is 39.7 Å². The van der Waals surface area contributed by atoms with E-state index in [1.807, 2.05) is 32.9 Å². The van der Waals surface area contributed by atoms with Crippen LogP contribution in [0, 0.1) is 12.8 Å². The van der Waals surface area contributed by atoms with Crippen LogP contribution in [0.2, 0.25) is 0 Å². The monoisotopic (exact) mass is 436 g/mol. The van der Waals surface area contributed by atoms with E-state index in [2.05, 4.69) is 28.4 Å². The zero-order valence-corrected chi connectivity index (χ0v) is 18.8. The van der Waals surface area contributed by atoms with Crippen LogP contribution >= 0.6 is 0 Å². The van der Waals surface area contributed by atoms with Crippen molar-refractivity contribution in [2.75, 3.05) is 24.5 Å². The van der Waals surface area contributed by atoms with E-state index in [0.29, 0.717) is 23.9 Å². The van der Waals surface area contributed by atoms with E-state index in [4.69, 9.17) is 14.7 Å². The lowest BCUT2D eigenvalue weighted by Gasteiger charge is -2.33. The summed E-state index contributed by atoms with van der Waals surface area (Å²) in [7, 11) is 0. The van der Waals surface area contributed by atoms with Crippen LogP contribution in [-0.4, -0.2) is 46.9 Å². The van der Waals surface area contributed by atoms with E-state index in [1.165, 1.54) is 0 Å². The lowest BCUT2D eigenvalue weighted by molar-refractivity contribution is 0.113. The van der Waals surface area contributed by atoms with Crippen molar-refractivity contribution in [2.24, 2.45) is 5.92 Å². The molecule has 1 fully saturated rings. The minimum absolute atomic E-state index is 0. The van der Waals surface area contributed by atoms with Crippen LogP contribution in [0.15, 0.2) is 42.5 Å². The first-order chi connectivity index (χ1) is 15.4. The summed E-state index contributed by atoms with van der Waals surface area (Å²) in [5.74, 6) is 1.98. The number of nitrogens with zero attached hydrogens (tertiary/aromatic N) is 3. The molecule has 3 aromatic rings. The van der Waals surface area contributed by atoms with E-state index < -0.39 is 0 Å². The molecular formula is C25H32N4O3. The van der Waals surface area contributed by atoms with Crippen LogP contribution in [0.4, 0.5) is 10.6 Å². The smallest absolute Gasteiger partial charge is 0.407 e. The predicted octanol–water partition coefficient (Wildman–Crippen LogP) is 4.91. The van der Waals surface area contributed by atoms with Crippen LogP contribution in [0.5, 0.6) is 5.75 Å². The Bertz CT molecular complexity index is 1110. The molecule has 0 bridgehead atoms. The number of carbonyl (C=O) groups excluding carboxylic acids is 1. The molecule has 1 aliphatic rings. The van der Waals surface area contributed by atoms with Gasteiger partial charge < -0.3 is 20.1 Å². The molecule has 2 heterocycles. The van der Waals surface area contributed by atoms with E-state index in [-0.39, 0.29) is 19.4 Å². The molecule has 0 unspecified atom stereocenters. The lowest BCUT2D eigenvalue weighted by atomic mass is 9.96. The molecule has 1 saturated heterocycles. The van der Waals surface area contributed by atoms with Gasteiger partial charge in [0, 0.05) is 26.4 Å². The van der Waals surface area contributed by atoms with Gasteiger partial charge in [0.2, 0.25) is 0 Å². The van der Waals surface area contributed by atoms with Gasteiger partial charge in [0.1, 0.15) is 11.6 Å². The zero-order chi connectivity index (χ0) is 22.7. The number of phenols is 1. The first-order valence-corrected chi connectivity index (χ1v) is 11.2. The predicted molar refractivity (Wildman–Crippen MR) is 128 cm³/mol. The summed E-state index contributed by atoms with van der Waals surface area (Å²) < 4.78 is 5.16. The average Bonchev–Trinajstić information content (AvgIpc) is 2.77. The molecule has 0 aliphatic carbocycles. The summed E-state index contributed by atoms with van der Waals surface area (Å²) in [6.45, 7) is 8.03. The fraction of sp³-hybridized carbons (Fsp3) is 0.400. The third kappa shape index (κ3) is 4.93. The summed E-state index contributed by atoms with van der Waals surface area (Å²) >= 11 is 0. The normalized spacial score (nSPS) is 14.7. The molecule has 0 radical (unpaired) electrons. The summed E-state index contributed by atoms with van der Waals surface area (Å²) in [4.78, 5) is 23.7. The second-order valence-electron chi connectivity index (χ2n) is 8.67. The number of aryl methyl sites for hydroxylation is 1. The summed E-state index contributed by atoms with van der Waals surface area (Å²) in [5, 5.41) is 14.2. The van der Waals surface area contributed by atoms with Crippen molar-refractivity contribution in [1.29, 1.82) is 0 Å². The van der Waals surface area contributed by atoms with Crippen LogP contribution in [-0.2, 0) is 4.74 Å². The fourth-order valence-electron chi connectivity index (χ4n) is 4.08. The van der Waals surface area contributed by atoms with Crippen molar-refractivity contribution in [3.05, 3.63) is 48.0 Å². The Hall–Kier alpha value is -3.35. The topological polar surface area (TPSA) is 87.6 Å². The quantitative estimate of drug-likeness (QED) is 0.591. The molecule has 7 nitrogen and oxygen atoms in total. The Morgan fingerprint density at radius 2 is 1.97 bits per heavy atom. The van der Waals surface area contributed by atoms with E-state index in [9.17, 15) is 9.90 Å². The van der Waals surface area contributed by atoms with E-state index in [1.54, 1.807) is 12.1 Å². The number of ether oxygens (including phenoxy) is 1. The number of rotatable bonds is 5. The summed E-state index contributed by atoms with van der Waals surface area (Å²) in [6.07, 6.45) is 1.42. The highest BCUT2D eigenvalue weighted by atomic mass is 16.6. The van der Waals surface area contributed by atoms with Gasteiger partial charge in [-0.15, -0.1) is 0 Å². The SMILES string of the molecule is Cc1ccc2c(N3CCC(CNC(=O)OC(C)C)CC3)nc(-c3ccccc3O)nc2c1.[HH]. The number of alkyl carbamates (subject to hydrolysis) is 1. The Balaban J connectivity index is 0.00000306. The largest absolute Gasteiger partial charge is 0.507 e. The highest BCUT2D eigenvalue weighted by molar-refractivity contribution is 5.92. The Morgan fingerprint density at radius 3 is 2.69 bits per heavy atom.